The molecule has 0 atom stereocenters. The van der Waals surface area contributed by atoms with Gasteiger partial charge in [0.15, 0.2) is 0 Å². The van der Waals surface area contributed by atoms with Crippen molar-refractivity contribution in [2.45, 2.75) is 34.6 Å². The maximum absolute atomic E-state index is 3.47. The summed E-state index contributed by atoms with van der Waals surface area (Å²) < 4.78 is 0. The maximum atomic E-state index is 3.47. The molecule has 0 aliphatic rings. The second-order valence-electron chi connectivity index (χ2n) is 3.83. The molecule has 0 aliphatic carbocycles. The average Bonchev–Trinajstić information content (AvgIpc) is 2.86. The zero-order valence-electron chi connectivity index (χ0n) is 11.4. The third kappa shape index (κ3) is 5.66. The molecule has 0 aliphatic heterocycles. The van der Waals surface area contributed by atoms with Gasteiger partial charge in [-0.2, -0.15) is 33.9 Å². The fourth-order valence-electron chi connectivity index (χ4n) is 1.59. The van der Waals surface area contributed by atoms with Gasteiger partial charge in [-0.05, 0) is 0 Å². The molecule has 1 heterocycles. The summed E-state index contributed by atoms with van der Waals surface area (Å²) in [4.78, 5) is 0. The van der Waals surface area contributed by atoms with Crippen molar-refractivity contribution in [3.05, 3.63) is 46.3 Å². The Labute approximate surface area is 137 Å². The number of nitrogens with one attached hydrogen (secondary N) is 1. The first-order valence-electron chi connectivity index (χ1n) is 5.11. The van der Waals surface area contributed by atoms with Crippen LogP contribution in [0.3, 0.4) is 0 Å². The molecule has 0 bridgehead atoms. The van der Waals surface area contributed by atoms with Crippen molar-refractivity contribution < 1.29 is 46.5 Å². The van der Waals surface area contributed by atoms with E-state index in [0.29, 0.717) is 0 Å². The molecule has 0 spiro atoms. The average molecular weight is 321 g/mol. The van der Waals surface area contributed by atoms with E-state index in [1.54, 1.807) is 12.3 Å². The molecule has 2 nitrogen and oxygen atoms in total. The molecule has 0 unspecified atom stereocenters. The van der Waals surface area contributed by atoms with Crippen molar-refractivity contribution in [1.29, 1.82) is 0 Å². The summed E-state index contributed by atoms with van der Waals surface area (Å²) in [6.45, 7) is 11.0. The van der Waals surface area contributed by atoms with Gasteiger partial charge >= 0.3 is 21.7 Å². The maximum Gasteiger partial charge on any atom is 4.00 e. The molecule has 1 aromatic heterocycles. The normalized spacial score (nSPS) is 8.06. The summed E-state index contributed by atoms with van der Waals surface area (Å²) >= 11 is 0. The van der Waals surface area contributed by atoms with Gasteiger partial charge in [-0.25, -0.2) is 0 Å². The molecule has 5 heteroatoms. The Morgan fingerprint density at radius 2 is 1.50 bits per heavy atom. The molecule has 1 aromatic carbocycles. The molecule has 0 fully saturated rings. The van der Waals surface area contributed by atoms with Gasteiger partial charge in [0.2, 0.25) is 0 Å². The van der Waals surface area contributed by atoms with Crippen LogP contribution in [0.1, 0.15) is 27.8 Å². The van der Waals surface area contributed by atoms with Crippen LogP contribution in [0.5, 0.6) is 0 Å². The van der Waals surface area contributed by atoms with Gasteiger partial charge in [-0.15, -0.1) is 12.4 Å². The van der Waals surface area contributed by atoms with Gasteiger partial charge in [0.25, 0.3) is 0 Å². The van der Waals surface area contributed by atoms with Gasteiger partial charge in [-0.1, -0.05) is 34.6 Å². The summed E-state index contributed by atoms with van der Waals surface area (Å²) in [5.74, 6) is 0. The predicted octanol–water partition coefficient (Wildman–Crippen LogP) is -2.84. The minimum Gasteiger partial charge on any atom is -1.00 e. The van der Waals surface area contributed by atoms with Crippen LogP contribution < -0.4 is 24.8 Å². The summed E-state index contributed by atoms with van der Waals surface area (Å²) in [5.41, 5.74) is 7.34. The van der Waals surface area contributed by atoms with E-state index in [4.69, 9.17) is 0 Å². The Morgan fingerprint density at radius 1 is 1.06 bits per heavy atom. The Balaban J connectivity index is -0.000000245. The van der Waals surface area contributed by atoms with E-state index in [1.807, 2.05) is 0 Å². The van der Waals surface area contributed by atoms with Crippen molar-refractivity contribution >= 4 is 0 Å². The quantitative estimate of drug-likeness (QED) is 0.411. The summed E-state index contributed by atoms with van der Waals surface area (Å²) in [5, 5.41) is 6.03. The number of nitrogens with zero attached hydrogens (tertiary/aromatic N) is 1. The van der Waals surface area contributed by atoms with Crippen LogP contribution in [0.25, 0.3) is 0 Å². The molecule has 0 amide bonds. The third-order valence-electron chi connectivity index (χ3n) is 3.17. The Bertz CT molecular complexity index is 325. The Kier molecular flexibility index (Phi) is 13.7. The van der Waals surface area contributed by atoms with Crippen molar-refractivity contribution in [1.82, 2.24) is 10.2 Å². The van der Waals surface area contributed by atoms with Crippen LogP contribution in [-0.4, -0.2) is 10.2 Å². The molecule has 2 aromatic rings. The van der Waals surface area contributed by atoms with Gasteiger partial charge in [0.05, 0.1) is 0 Å². The molecule has 1 N–H and O–H groups in total. The van der Waals surface area contributed by atoms with Gasteiger partial charge in [-0.3, -0.25) is 0 Å². The smallest absolute Gasteiger partial charge is 1.00 e. The summed E-state index contributed by atoms with van der Waals surface area (Å²) in [7, 11) is 0. The van der Waals surface area contributed by atoms with Gasteiger partial charge in [0, 0.05) is 0 Å². The minimum atomic E-state index is 0. The van der Waals surface area contributed by atoms with E-state index >= 15 is 0 Å². The fraction of sp³-hybridized carbons (Fsp3) is 0.385. The monoisotopic (exact) mass is 320 g/mol. The van der Waals surface area contributed by atoms with Crippen LogP contribution in [0.15, 0.2) is 12.3 Å². The van der Waals surface area contributed by atoms with Crippen LogP contribution in [0, 0.1) is 40.8 Å². The van der Waals surface area contributed by atoms with Crippen LogP contribution in [0.2, 0.25) is 0 Å². The second kappa shape index (κ2) is 10.7. The summed E-state index contributed by atoms with van der Waals surface area (Å²) in [6, 6.07) is 1.71. The van der Waals surface area contributed by atoms with Crippen molar-refractivity contribution in [3.63, 3.8) is 0 Å². The Hall–Kier alpha value is -0.146. The van der Waals surface area contributed by atoms with E-state index in [1.165, 1.54) is 27.8 Å². The van der Waals surface area contributed by atoms with Gasteiger partial charge in [0.1, 0.15) is 0 Å². The fourth-order valence-corrected chi connectivity index (χ4v) is 1.59. The molecule has 98 valence electrons. The van der Waals surface area contributed by atoms with E-state index in [0.717, 1.165) is 0 Å². The molecule has 18 heavy (non-hydrogen) atoms. The molecule has 0 saturated carbocycles. The van der Waals surface area contributed by atoms with E-state index in [2.05, 4.69) is 51.0 Å². The number of aromatic amines is 1. The van der Waals surface area contributed by atoms with Gasteiger partial charge < -0.3 is 35.0 Å². The van der Waals surface area contributed by atoms with Crippen LogP contribution in [0.4, 0.5) is 0 Å². The van der Waals surface area contributed by atoms with E-state index < -0.39 is 0 Å². The molecule has 2 rings (SSSR count). The first-order valence-corrected chi connectivity index (χ1v) is 5.11. The molecule has 0 saturated heterocycles. The number of hydrogen-bond donors (Lipinski definition) is 1. The number of H-pyrrole nitrogens is 1. The Morgan fingerprint density at radius 3 is 1.61 bits per heavy atom. The number of hydrogen-bond acceptors (Lipinski definition) is 1. The first kappa shape index (κ1) is 23.0. The third-order valence-corrected chi connectivity index (χ3v) is 3.17. The number of halogens is 2. The van der Waals surface area contributed by atoms with Crippen LogP contribution >= 0.6 is 0 Å². The summed E-state index contributed by atoms with van der Waals surface area (Å²) in [6.07, 6.45) is 4.26. The zero-order chi connectivity index (χ0) is 11.4. The van der Waals surface area contributed by atoms with E-state index in [9.17, 15) is 0 Å². The number of rotatable bonds is 0. The van der Waals surface area contributed by atoms with E-state index in [-0.39, 0.29) is 46.5 Å². The number of aromatic nitrogens is 2. The van der Waals surface area contributed by atoms with Crippen molar-refractivity contribution in [2.24, 2.45) is 0 Å². The largest absolute Gasteiger partial charge is 4.00 e. The van der Waals surface area contributed by atoms with Crippen molar-refractivity contribution in [2.75, 3.05) is 0 Å². The first-order chi connectivity index (χ1) is 7.05. The topological polar surface area (TPSA) is 28.7 Å². The predicted molar refractivity (Wildman–Crippen MR) is 63.1 cm³/mol. The molecular weight excluding hydrogens is 303 g/mol. The zero-order valence-corrected chi connectivity index (χ0v) is 14.4. The molecule has 0 radical (unpaired) electrons. The SMILES string of the molecule is Cc1c(C)c(C)[c-](C)c1C.[Cl-].[Cl-].[Ti+4].[c-]1cc[nH]n1. The van der Waals surface area contributed by atoms with Crippen molar-refractivity contribution in [3.8, 4) is 0 Å². The minimum absolute atomic E-state index is 0. The van der Waals surface area contributed by atoms with Crippen LogP contribution in [-0.2, 0) is 21.7 Å². The second-order valence-corrected chi connectivity index (χ2v) is 3.83. The molecular formula is C13H18Cl2N2Ti. The standard InChI is InChI=1S/C10H15.C3H3N2.2ClH.Ti/c1-6-7(2)9(4)10(5)8(6)3;1-2-4-5-3-1;;;/h1-5H3;1-2H,(H,4,5);2*1H;/q2*-1;;;+4/p-2.